The Bertz CT molecular complexity index is 903. The van der Waals surface area contributed by atoms with Crippen LogP contribution in [0.1, 0.15) is 55.1 Å². The van der Waals surface area contributed by atoms with Crippen LogP contribution in [-0.4, -0.2) is 23.8 Å². The molecule has 1 aliphatic carbocycles. The second kappa shape index (κ2) is 7.45. The van der Waals surface area contributed by atoms with Crippen molar-refractivity contribution in [1.29, 1.82) is 0 Å². The van der Waals surface area contributed by atoms with Gasteiger partial charge in [-0.3, -0.25) is 4.79 Å². The van der Waals surface area contributed by atoms with Gasteiger partial charge < -0.3 is 19.8 Å². The molecule has 1 aliphatic rings. The van der Waals surface area contributed by atoms with E-state index in [1.165, 1.54) is 6.20 Å². The van der Waals surface area contributed by atoms with Crippen LogP contribution in [-0.2, 0) is 16.1 Å². The van der Waals surface area contributed by atoms with Crippen LogP contribution >= 0.6 is 0 Å². The monoisotopic (exact) mass is 362 g/mol. The predicted octanol–water partition coefficient (Wildman–Crippen LogP) is 3.16. The van der Waals surface area contributed by atoms with Crippen LogP contribution in [0.5, 0.6) is 0 Å². The van der Waals surface area contributed by atoms with Crippen LogP contribution < -0.4 is 11.2 Å². The molecule has 1 heterocycles. The second-order valence-corrected chi connectivity index (χ2v) is 6.43. The Labute approximate surface area is 150 Å². The van der Waals surface area contributed by atoms with Crippen molar-refractivity contribution >= 4 is 22.6 Å². The highest BCUT2D eigenvalue weighted by Gasteiger charge is 2.29. The molecular weight excluding hydrogens is 339 g/mol. The minimum Gasteiger partial charge on any atom is -0.462 e. The largest absolute Gasteiger partial charge is 0.462 e. The number of nitrogen functional groups attached to an aromatic ring is 1. The maximum atomic E-state index is 14.4. The third kappa shape index (κ3) is 3.31. The number of pyridine rings is 1. The number of halogens is 1. The summed E-state index contributed by atoms with van der Waals surface area (Å²) in [5.74, 6) is -1.39. The van der Waals surface area contributed by atoms with Gasteiger partial charge in [-0.2, -0.15) is 0 Å². The topological polar surface area (TPSA) is 83.6 Å². The fourth-order valence-corrected chi connectivity index (χ4v) is 3.04. The minimum absolute atomic E-state index is 0.0220. The molecule has 1 aromatic heterocycles. The number of hydrogen-bond acceptors (Lipinski definition) is 5. The van der Waals surface area contributed by atoms with E-state index in [-0.39, 0.29) is 35.9 Å². The first-order valence-electron chi connectivity index (χ1n) is 8.90. The maximum Gasteiger partial charge on any atom is 0.343 e. The zero-order valence-corrected chi connectivity index (χ0v) is 15.0. The Morgan fingerprint density at radius 1 is 1.38 bits per heavy atom. The Morgan fingerprint density at radius 2 is 2.12 bits per heavy atom. The molecular formula is C19H23FN2O4. The highest BCUT2D eigenvalue weighted by atomic mass is 19.1. The molecule has 0 radical (unpaired) electrons. The van der Waals surface area contributed by atoms with E-state index in [0.717, 1.165) is 25.3 Å². The fourth-order valence-electron chi connectivity index (χ4n) is 3.04. The van der Waals surface area contributed by atoms with Gasteiger partial charge in [0.1, 0.15) is 11.4 Å². The van der Waals surface area contributed by atoms with Crippen molar-refractivity contribution < 1.29 is 18.7 Å². The number of aromatic nitrogens is 1. The van der Waals surface area contributed by atoms with Crippen molar-refractivity contribution in [3.8, 4) is 0 Å². The van der Waals surface area contributed by atoms with Gasteiger partial charge in [0.05, 0.1) is 24.4 Å². The molecule has 1 fully saturated rings. The number of benzene rings is 1. The minimum atomic E-state index is -0.699. The van der Waals surface area contributed by atoms with E-state index >= 15 is 0 Å². The molecule has 140 valence electrons. The van der Waals surface area contributed by atoms with Gasteiger partial charge in [0.25, 0.3) is 0 Å². The molecule has 2 N–H and O–H groups in total. The third-order valence-corrected chi connectivity index (χ3v) is 4.44. The van der Waals surface area contributed by atoms with Gasteiger partial charge in [-0.15, -0.1) is 0 Å². The van der Waals surface area contributed by atoms with E-state index in [2.05, 4.69) is 0 Å². The van der Waals surface area contributed by atoms with E-state index < -0.39 is 17.2 Å². The van der Waals surface area contributed by atoms with Crippen molar-refractivity contribution in [1.82, 2.24) is 4.57 Å². The molecule has 3 rings (SSSR count). The fraction of sp³-hybridized carbons (Fsp3) is 0.474. The quantitative estimate of drug-likeness (QED) is 0.465. The average molecular weight is 362 g/mol. The predicted molar refractivity (Wildman–Crippen MR) is 96.8 cm³/mol. The van der Waals surface area contributed by atoms with Crippen LogP contribution in [0.4, 0.5) is 10.1 Å². The Hall–Kier alpha value is -2.41. The summed E-state index contributed by atoms with van der Waals surface area (Å²) < 4.78 is 26.8. The van der Waals surface area contributed by atoms with Crippen LogP contribution in [0, 0.1) is 5.82 Å². The molecule has 0 saturated heterocycles. The van der Waals surface area contributed by atoms with E-state index in [9.17, 15) is 14.0 Å². The number of esters is 1. The van der Waals surface area contributed by atoms with Gasteiger partial charge in [0.15, 0.2) is 0 Å². The number of ether oxygens (including phenoxy) is 2. The van der Waals surface area contributed by atoms with Gasteiger partial charge in [0.2, 0.25) is 5.43 Å². The standard InChI is InChI=1S/C19H23FN2O4/c1-3-7-25-10-14-16(21)15(20)8-12-17(14)22(11-5-6-11)9-13(18(12)23)19(24)26-4-2/h8-9,11H,3-7,10,21H2,1-2H3. The smallest absolute Gasteiger partial charge is 0.343 e. The molecule has 0 spiro atoms. The number of anilines is 1. The number of carbonyl (C=O) groups excluding carboxylic acids is 1. The number of nitrogens with two attached hydrogens (primary N) is 1. The van der Waals surface area contributed by atoms with Crippen LogP contribution in [0.15, 0.2) is 17.1 Å². The molecule has 0 bridgehead atoms. The Kier molecular flexibility index (Phi) is 5.27. The first kappa shape index (κ1) is 18.4. The van der Waals surface area contributed by atoms with E-state index in [1.807, 2.05) is 11.5 Å². The number of carbonyl (C=O) groups is 1. The number of nitrogens with zero attached hydrogens (tertiary/aromatic N) is 1. The van der Waals surface area contributed by atoms with Crippen LogP contribution in [0.25, 0.3) is 10.9 Å². The molecule has 0 unspecified atom stereocenters. The average Bonchev–Trinajstić information content (AvgIpc) is 3.44. The number of hydrogen-bond donors (Lipinski definition) is 1. The zero-order chi connectivity index (χ0) is 18.8. The van der Waals surface area contributed by atoms with Crippen molar-refractivity contribution in [2.45, 2.75) is 45.8 Å². The lowest BCUT2D eigenvalue weighted by molar-refractivity contribution is 0.0524. The lowest BCUT2D eigenvalue weighted by atomic mass is 10.0. The summed E-state index contributed by atoms with van der Waals surface area (Å²) in [6.45, 7) is 4.41. The van der Waals surface area contributed by atoms with Crippen LogP contribution in [0.2, 0.25) is 0 Å². The summed E-state index contributed by atoms with van der Waals surface area (Å²) in [5.41, 5.74) is 6.29. The molecule has 1 saturated carbocycles. The Balaban J connectivity index is 2.27. The SMILES string of the molecule is CCCOCc1c(N)c(F)cc2c(=O)c(C(=O)OCC)cn(C3CC3)c12. The lowest BCUT2D eigenvalue weighted by Crippen LogP contribution is -2.22. The highest BCUT2D eigenvalue weighted by Crippen LogP contribution is 2.39. The molecule has 1 aromatic carbocycles. The number of rotatable bonds is 7. The summed E-state index contributed by atoms with van der Waals surface area (Å²) in [6, 6.07) is 1.26. The summed E-state index contributed by atoms with van der Waals surface area (Å²) in [7, 11) is 0. The first-order chi connectivity index (χ1) is 12.5. The molecule has 2 aromatic rings. The lowest BCUT2D eigenvalue weighted by Gasteiger charge is -2.18. The molecule has 0 aliphatic heterocycles. The van der Waals surface area contributed by atoms with Gasteiger partial charge >= 0.3 is 5.97 Å². The van der Waals surface area contributed by atoms with E-state index in [0.29, 0.717) is 17.7 Å². The normalized spacial score (nSPS) is 14.0. The van der Waals surface area contributed by atoms with Crippen molar-refractivity contribution in [2.75, 3.05) is 18.9 Å². The summed E-state index contributed by atoms with van der Waals surface area (Å²) in [6.07, 6.45) is 4.18. The van der Waals surface area contributed by atoms with Crippen molar-refractivity contribution in [2.24, 2.45) is 0 Å². The van der Waals surface area contributed by atoms with Crippen LogP contribution in [0.3, 0.4) is 0 Å². The second-order valence-electron chi connectivity index (χ2n) is 6.43. The van der Waals surface area contributed by atoms with Crippen molar-refractivity contribution in [3.63, 3.8) is 0 Å². The first-order valence-corrected chi connectivity index (χ1v) is 8.90. The maximum absolute atomic E-state index is 14.4. The highest BCUT2D eigenvalue weighted by molar-refractivity contribution is 5.96. The van der Waals surface area contributed by atoms with E-state index in [1.54, 1.807) is 6.92 Å². The Morgan fingerprint density at radius 3 is 2.73 bits per heavy atom. The zero-order valence-electron chi connectivity index (χ0n) is 15.0. The number of fused-ring (bicyclic) bond motifs is 1. The third-order valence-electron chi connectivity index (χ3n) is 4.44. The van der Waals surface area contributed by atoms with Gasteiger partial charge in [0, 0.05) is 29.8 Å². The summed E-state index contributed by atoms with van der Waals surface area (Å²) in [5, 5.41) is 0.129. The molecule has 7 heteroatoms. The summed E-state index contributed by atoms with van der Waals surface area (Å²) >= 11 is 0. The molecule has 0 amide bonds. The summed E-state index contributed by atoms with van der Waals surface area (Å²) in [4.78, 5) is 25.0. The van der Waals surface area contributed by atoms with Gasteiger partial charge in [-0.05, 0) is 32.3 Å². The van der Waals surface area contributed by atoms with Gasteiger partial charge in [-0.1, -0.05) is 6.92 Å². The van der Waals surface area contributed by atoms with Crippen molar-refractivity contribution in [3.05, 3.63) is 39.4 Å². The van der Waals surface area contributed by atoms with Gasteiger partial charge in [-0.25, -0.2) is 9.18 Å². The molecule has 0 atom stereocenters. The molecule has 26 heavy (non-hydrogen) atoms. The van der Waals surface area contributed by atoms with E-state index in [4.69, 9.17) is 15.2 Å². The molecule has 6 nitrogen and oxygen atoms in total.